The molecule has 0 bridgehead atoms. The summed E-state index contributed by atoms with van der Waals surface area (Å²) in [6.45, 7) is 5.56. The van der Waals surface area contributed by atoms with Crippen LogP contribution in [0.15, 0.2) is 4.99 Å². The molecule has 3 atom stereocenters. The molecule has 7 nitrogen and oxygen atoms in total. The summed E-state index contributed by atoms with van der Waals surface area (Å²) >= 11 is 7.28. The first-order valence-electron chi connectivity index (χ1n) is 7.92. The standard InChI is InChI=1S/C16H21ClN4O3S/c1-4-15(5-2)14(25-8-11(22)24-6-3)21-12(17)10(7-18)16(15,9-19)13(20)23/h10,14H,4-6,8H2,1-3H3,(H2,20,23)/t10?,14-,16+/m0/s1. The predicted octanol–water partition coefficient (Wildman–Crippen LogP) is 2.20. The second-order valence-electron chi connectivity index (χ2n) is 5.63. The number of rotatable bonds is 7. The normalized spacial score (nSPS) is 27.5. The Kier molecular flexibility index (Phi) is 7.28. The Bertz CT molecular complexity index is 651. The van der Waals surface area contributed by atoms with Gasteiger partial charge in [0.25, 0.3) is 0 Å². The van der Waals surface area contributed by atoms with Crippen molar-refractivity contribution in [2.24, 2.45) is 27.5 Å². The molecular formula is C16H21ClN4O3S. The monoisotopic (exact) mass is 384 g/mol. The maximum Gasteiger partial charge on any atom is 0.315 e. The number of amides is 1. The van der Waals surface area contributed by atoms with Gasteiger partial charge in [0, 0.05) is 5.41 Å². The number of nitrogens with zero attached hydrogens (tertiary/aromatic N) is 3. The number of carbonyl (C=O) groups excluding carboxylic acids is 2. The van der Waals surface area contributed by atoms with Crippen molar-refractivity contribution in [1.82, 2.24) is 0 Å². The fourth-order valence-corrected chi connectivity index (χ4v) is 5.21. The molecular weight excluding hydrogens is 364 g/mol. The Morgan fingerprint density at radius 3 is 2.36 bits per heavy atom. The van der Waals surface area contributed by atoms with Crippen LogP contribution in [-0.4, -0.2) is 34.8 Å². The van der Waals surface area contributed by atoms with E-state index in [1.54, 1.807) is 20.8 Å². The molecule has 1 amide bonds. The number of aliphatic imine (C=N–C) groups is 1. The van der Waals surface area contributed by atoms with Crippen molar-refractivity contribution in [3.05, 3.63) is 0 Å². The first kappa shape index (κ1) is 21.3. The first-order chi connectivity index (χ1) is 11.8. The van der Waals surface area contributed by atoms with Crippen molar-refractivity contribution in [1.29, 1.82) is 10.5 Å². The summed E-state index contributed by atoms with van der Waals surface area (Å²) in [7, 11) is 0. The molecule has 0 aromatic heterocycles. The van der Waals surface area contributed by atoms with Gasteiger partial charge in [0.15, 0.2) is 5.41 Å². The van der Waals surface area contributed by atoms with Gasteiger partial charge >= 0.3 is 5.97 Å². The van der Waals surface area contributed by atoms with E-state index in [9.17, 15) is 20.1 Å². The Hall–Kier alpha value is -1.77. The van der Waals surface area contributed by atoms with E-state index in [1.807, 2.05) is 12.1 Å². The van der Waals surface area contributed by atoms with Crippen LogP contribution in [0.3, 0.4) is 0 Å². The van der Waals surface area contributed by atoms with Crippen LogP contribution >= 0.6 is 23.4 Å². The van der Waals surface area contributed by atoms with E-state index in [-0.39, 0.29) is 17.5 Å². The smallest absolute Gasteiger partial charge is 0.315 e. The number of esters is 1. The lowest BCUT2D eigenvalue weighted by molar-refractivity contribution is -0.139. The lowest BCUT2D eigenvalue weighted by Gasteiger charge is -2.51. The van der Waals surface area contributed by atoms with Crippen molar-refractivity contribution < 1.29 is 14.3 Å². The summed E-state index contributed by atoms with van der Waals surface area (Å²) in [4.78, 5) is 28.4. The maximum atomic E-state index is 12.4. The third-order valence-electron chi connectivity index (χ3n) is 4.79. The highest BCUT2D eigenvalue weighted by molar-refractivity contribution is 8.00. The third kappa shape index (κ3) is 3.33. The topological polar surface area (TPSA) is 129 Å². The van der Waals surface area contributed by atoms with Gasteiger partial charge in [-0.25, -0.2) is 0 Å². The van der Waals surface area contributed by atoms with Gasteiger partial charge in [-0.15, -0.1) is 11.8 Å². The van der Waals surface area contributed by atoms with Crippen molar-refractivity contribution in [3.8, 4) is 12.1 Å². The molecule has 0 fully saturated rings. The predicted molar refractivity (Wildman–Crippen MR) is 95.5 cm³/mol. The molecule has 0 aromatic carbocycles. The largest absolute Gasteiger partial charge is 0.465 e. The number of carbonyl (C=O) groups is 2. The van der Waals surface area contributed by atoms with Gasteiger partial charge in [0.1, 0.15) is 16.5 Å². The van der Waals surface area contributed by atoms with Gasteiger partial charge in [-0.2, -0.15) is 10.5 Å². The van der Waals surface area contributed by atoms with Crippen LogP contribution in [0, 0.1) is 39.4 Å². The molecule has 9 heteroatoms. The minimum Gasteiger partial charge on any atom is -0.465 e. The van der Waals surface area contributed by atoms with E-state index < -0.39 is 34.0 Å². The second kappa shape index (κ2) is 8.55. The van der Waals surface area contributed by atoms with Crippen LogP contribution in [0.25, 0.3) is 0 Å². The lowest BCUT2D eigenvalue weighted by Crippen LogP contribution is -2.61. The minimum absolute atomic E-state index is 0.00852. The van der Waals surface area contributed by atoms with Crippen LogP contribution in [0.2, 0.25) is 0 Å². The van der Waals surface area contributed by atoms with Crippen LogP contribution in [0.4, 0.5) is 0 Å². The van der Waals surface area contributed by atoms with E-state index in [0.717, 1.165) is 11.8 Å². The average Bonchev–Trinajstić information content (AvgIpc) is 2.59. The van der Waals surface area contributed by atoms with Crippen molar-refractivity contribution in [2.75, 3.05) is 12.4 Å². The molecule has 0 radical (unpaired) electrons. The number of halogens is 1. The summed E-state index contributed by atoms with van der Waals surface area (Å²) in [6.07, 6.45) is 0.735. The number of hydrogen-bond acceptors (Lipinski definition) is 7. The summed E-state index contributed by atoms with van der Waals surface area (Å²) in [5.41, 5.74) is 2.76. The van der Waals surface area contributed by atoms with Crippen LogP contribution in [0.5, 0.6) is 0 Å². The summed E-state index contributed by atoms with van der Waals surface area (Å²) in [5.74, 6) is -2.58. The third-order valence-corrected chi connectivity index (χ3v) is 6.38. The molecule has 0 saturated heterocycles. The van der Waals surface area contributed by atoms with Crippen molar-refractivity contribution in [3.63, 3.8) is 0 Å². The highest BCUT2D eigenvalue weighted by Gasteiger charge is 2.66. The van der Waals surface area contributed by atoms with E-state index in [4.69, 9.17) is 22.1 Å². The second-order valence-corrected chi connectivity index (χ2v) is 7.09. The fourth-order valence-electron chi connectivity index (χ4n) is 3.44. The van der Waals surface area contributed by atoms with Gasteiger partial charge < -0.3 is 10.5 Å². The number of ether oxygens (including phenoxy) is 1. The zero-order valence-corrected chi connectivity index (χ0v) is 16.0. The van der Waals surface area contributed by atoms with E-state index in [0.29, 0.717) is 12.8 Å². The van der Waals surface area contributed by atoms with Crippen molar-refractivity contribution in [2.45, 2.75) is 39.0 Å². The number of primary amides is 1. The molecule has 0 aromatic rings. The molecule has 1 heterocycles. The van der Waals surface area contributed by atoms with Gasteiger partial charge in [-0.1, -0.05) is 25.4 Å². The minimum atomic E-state index is -1.82. The van der Waals surface area contributed by atoms with E-state index in [2.05, 4.69) is 4.99 Å². The highest BCUT2D eigenvalue weighted by atomic mass is 35.5. The lowest BCUT2D eigenvalue weighted by atomic mass is 9.54. The molecule has 2 N–H and O–H groups in total. The Labute approximate surface area is 156 Å². The number of nitrogens with two attached hydrogens (primary N) is 1. The Morgan fingerprint density at radius 1 is 1.36 bits per heavy atom. The van der Waals surface area contributed by atoms with Crippen LogP contribution in [-0.2, 0) is 14.3 Å². The SMILES string of the molecule is CCOC(=O)CS[C@@H]1N=C(Cl)C(C#N)[C@](C#N)(C(N)=O)C1(CC)CC. The molecule has 136 valence electrons. The van der Waals surface area contributed by atoms with Gasteiger partial charge in [0.2, 0.25) is 5.91 Å². The molecule has 0 aliphatic carbocycles. The fraction of sp³-hybridized carbons (Fsp3) is 0.688. The Balaban J connectivity index is 3.50. The van der Waals surface area contributed by atoms with Crippen LogP contribution in [0.1, 0.15) is 33.6 Å². The van der Waals surface area contributed by atoms with E-state index in [1.165, 1.54) is 0 Å². The number of hydrogen-bond donors (Lipinski definition) is 1. The molecule has 0 saturated carbocycles. The molecule has 1 aliphatic heterocycles. The van der Waals surface area contributed by atoms with E-state index >= 15 is 0 Å². The highest BCUT2D eigenvalue weighted by Crippen LogP contribution is 2.58. The molecule has 25 heavy (non-hydrogen) atoms. The number of nitriles is 2. The quantitative estimate of drug-likeness (QED) is 0.669. The summed E-state index contributed by atoms with van der Waals surface area (Å²) in [6, 6.07) is 3.91. The summed E-state index contributed by atoms with van der Waals surface area (Å²) in [5, 5.41) is 18.6. The molecule has 0 spiro atoms. The molecule has 1 aliphatic rings. The zero-order chi connectivity index (χ0) is 19.3. The average molecular weight is 385 g/mol. The zero-order valence-electron chi connectivity index (χ0n) is 14.4. The van der Waals surface area contributed by atoms with Crippen LogP contribution < -0.4 is 5.73 Å². The first-order valence-corrected chi connectivity index (χ1v) is 9.35. The van der Waals surface area contributed by atoms with Gasteiger partial charge in [-0.3, -0.25) is 14.6 Å². The van der Waals surface area contributed by atoms with Crippen molar-refractivity contribution >= 4 is 40.4 Å². The summed E-state index contributed by atoms with van der Waals surface area (Å²) < 4.78 is 4.91. The Morgan fingerprint density at radius 2 is 1.96 bits per heavy atom. The van der Waals surface area contributed by atoms with Gasteiger partial charge in [-0.05, 0) is 19.8 Å². The maximum absolute atomic E-state index is 12.4. The molecule has 1 unspecified atom stereocenters. The van der Waals surface area contributed by atoms with Gasteiger partial charge in [0.05, 0.1) is 24.5 Å². The number of thioether (sulfide) groups is 1. The molecule has 1 rings (SSSR count).